The number of nitrogens with one attached hydrogen (secondary N) is 1. The zero-order valence-electron chi connectivity index (χ0n) is 9.02. The number of aromatic nitrogens is 2. The number of nitrogen functional groups attached to an aromatic ring is 1. The lowest BCUT2D eigenvalue weighted by atomic mass is 10.3. The first-order valence-electron chi connectivity index (χ1n) is 4.90. The highest BCUT2D eigenvalue weighted by Crippen LogP contribution is 2.22. The molecule has 1 amide bonds. The Labute approximate surface area is 117 Å². The van der Waals surface area contributed by atoms with Crippen LogP contribution in [0.2, 0.25) is 5.02 Å². The minimum Gasteiger partial charge on any atom is -0.397 e. The summed E-state index contributed by atoms with van der Waals surface area (Å²) in [6, 6.07) is 4.77. The van der Waals surface area contributed by atoms with Crippen molar-refractivity contribution in [2.45, 2.75) is 0 Å². The van der Waals surface area contributed by atoms with Gasteiger partial charge in [-0.25, -0.2) is 9.97 Å². The van der Waals surface area contributed by atoms with Crippen LogP contribution in [0.5, 0.6) is 0 Å². The third kappa shape index (κ3) is 2.96. The van der Waals surface area contributed by atoms with E-state index in [0.717, 1.165) is 0 Å². The summed E-state index contributed by atoms with van der Waals surface area (Å²) in [5.74, 6) is 0.00980. The highest BCUT2D eigenvalue weighted by molar-refractivity contribution is 9.10. The van der Waals surface area contributed by atoms with Crippen LogP contribution in [0, 0.1) is 0 Å². The molecule has 5 nitrogen and oxygen atoms in total. The van der Waals surface area contributed by atoms with Crippen LogP contribution in [0.15, 0.2) is 35.1 Å². The molecule has 2 rings (SSSR count). The van der Waals surface area contributed by atoms with Crippen LogP contribution >= 0.6 is 27.5 Å². The molecule has 0 radical (unpaired) electrons. The third-order valence-electron chi connectivity index (χ3n) is 2.05. The Balaban J connectivity index is 2.18. The van der Waals surface area contributed by atoms with E-state index >= 15 is 0 Å². The Morgan fingerprint density at radius 1 is 1.33 bits per heavy atom. The van der Waals surface area contributed by atoms with E-state index in [9.17, 15) is 4.79 Å². The van der Waals surface area contributed by atoms with Crippen molar-refractivity contribution in [1.29, 1.82) is 0 Å². The predicted molar refractivity (Wildman–Crippen MR) is 73.5 cm³/mol. The number of anilines is 2. The standard InChI is InChI=1S/C11H8BrClN4O/c12-8-3-7(14)5-16-10(8)17-11(18)9-2-1-6(13)4-15-9/h1-5H,14H2,(H,16,17,18). The number of amides is 1. The van der Waals surface area contributed by atoms with Crippen LogP contribution in [0.4, 0.5) is 11.5 Å². The lowest BCUT2D eigenvalue weighted by Gasteiger charge is -2.06. The molecule has 0 aliphatic carbocycles. The Bertz CT molecular complexity index is 588. The summed E-state index contributed by atoms with van der Waals surface area (Å²) in [5, 5.41) is 3.09. The Morgan fingerprint density at radius 3 is 2.72 bits per heavy atom. The lowest BCUT2D eigenvalue weighted by molar-refractivity contribution is 0.102. The fourth-order valence-electron chi connectivity index (χ4n) is 1.23. The van der Waals surface area contributed by atoms with Crippen molar-refractivity contribution in [3.63, 3.8) is 0 Å². The summed E-state index contributed by atoms with van der Waals surface area (Å²) in [6.07, 6.45) is 2.86. The van der Waals surface area contributed by atoms with E-state index < -0.39 is 0 Å². The van der Waals surface area contributed by atoms with Crippen molar-refractivity contribution in [1.82, 2.24) is 9.97 Å². The summed E-state index contributed by atoms with van der Waals surface area (Å²) >= 11 is 8.95. The van der Waals surface area contributed by atoms with Crippen molar-refractivity contribution in [2.24, 2.45) is 0 Å². The number of halogens is 2. The summed E-state index contributed by atoms with van der Waals surface area (Å²) < 4.78 is 0.602. The molecule has 2 aromatic rings. The molecule has 0 spiro atoms. The fraction of sp³-hybridized carbons (Fsp3) is 0. The van der Waals surface area contributed by atoms with Gasteiger partial charge in [-0.1, -0.05) is 11.6 Å². The van der Waals surface area contributed by atoms with Gasteiger partial charge in [0.1, 0.15) is 11.5 Å². The molecule has 0 unspecified atom stereocenters. The number of pyridine rings is 2. The van der Waals surface area contributed by atoms with Gasteiger partial charge in [0.2, 0.25) is 0 Å². The first-order chi connectivity index (χ1) is 8.56. The zero-order valence-corrected chi connectivity index (χ0v) is 11.4. The number of nitrogens with two attached hydrogens (primary N) is 1. The number of hydrogen-bond acceptors (Lipinski definition) is 4. The van der Waals surface area contributed by atoms with E-state index in [0.29, 0.717) is 21.0 Å². The summed E-state index contributed by atoms with van der Waals surface area (Å²) in [7, 11) is 0. The Kier molecular flexibility index (Phi) is 3.78. The van der Waals surface area contributed by atoms with E-state index in [1.165, 1.54) is 18.5 Å². The molecule has 0 aliphatic rings. The fourth-order valence-corrected chi connectivity index (χ4v) is 1.80. The first-order valence-corrected chi connectivity index (χ1v) is 6.07. The number of carbonyl (C=O) groups is 1. The first kappa shape index (κ1) is 12.8. The van der Waals surface area contributed by atoms with Crippen LogP contribution < -0.4 is 11.1 Å². The molecule has 2 heterocycles. The van der Waals surface area contributed by atoms with Crippen LogP contribution in [0.25, 0.3) is 0 Å². The Morgan fingerprint density at radius 2 is 2.11 bits per heavy atom. The van der Waals surface area contributed by atoms with Crippen LogP contribution in [-0.4, -0.2) is 15.9 Å². The molecule has 18 heavy (non-hydrogen) atoms. The third-order valence-corrected chi connectivity index (χ3v) is 2.88. The van der Waals surface area contributed by atoms with Crippen molar-refractivity contribution < 1.29 is 4.79 Å². The maximum absolute atomic E-state index is 11.9. The van der Waals surface area contributed by atoms with Gasteiger partial charge in [-0.15, -0.1) is 0 Å². The van der Waals surface area contributed by atoms with E-state index in [4.69, 9.17) is 17.3 Å². The number of nitrogens with zero attached hydrogens (tertiary/aromatic N) is 2. The number of carbonyl (C=O) groups excluding carboxylic acids is 1. The highest BCUT2D eigenvalue weighted by Gasteiger charge is 2.10. The van der Waals surface area contributed by atoms with Crippen LogP contribution in [0.1, 0.15) is 10.5 Å². The van der Waals surface area contributed by atoms with E-state index in [1.54, 1.807) is 12.1 Å². The minimum atomic E-state index is -0.371. The maximum atomic E-state index is 11.9. The molecule has 0 saturated carbocycles. The van der Waals surface area contributed by atoms with Crippen molar-refractivity contribution in [2.75, 3.05) is 11.1 Å². The molecule has 92 valence electrons. The van der Waals surface area contributed by atoms with Crippen molar-refractivity contribution >= 4 is 44.9 Å². The molecule has 0 aliphatic heterocycles. The Hall–Kier alpha value is -1.66. The number of hydrogen-bond donors (Lipinski definition) is 2. The van der Waals surface area contributed by atoms with Crippen LogP contribution in [-0.2, 0) is 0 Å². The second-order valence-corrected chi connectivity index (χ2v) is 4.71. The van der Waals surface area contributed by atoms with E-state index in [1.807, 2.05) is 0 Å². The van der Waals surface area contributed by atoms with Gasteiger partial charge in [-0.2, -0.15) is 0 Å². The van der Waals surface area contributed by atoms with E-state index in [-0.39, 0.29) is 11.6 Å². The zero-order chi connectivity index (χ0) is 13.1. The van der Waals surface area contributed by atoms with E-state index in [2.05, 4.69) is 31.2 Å². The van der Waals surface area contributed by atoms with Gasteiger partial charge in [0.15, 0.2) is 0 Å². The van der Waals surface area contributed by atoms with Crippen molar-refractivity contribution in [3.05, 3.63) is 45.8 Å². The molecule has 7 heteroatoms. The monoisotopic (exact) mass is 326 g/mol. The summed E-state index contributed by atoms with van der Waals surface area (Å²) in [5.41, 5.74) is 6.31. The molecule has 0 atom stereocenters. The van der Waals surface area contributed by atoms with Gasteiger partial charge in [-0.3, -0.25) is 4.79 Å². The minimum absolute atomic E-state index is 0.255. The smallest absolute Gasteiger partial charge is 0.275 e. The van der Waals surface area contributed by atoms with Gasteiger partial charge < -0.3 is 11.1 Å². The second kappa shape index (κ2) is 5.32. The molecule has 0 bridgehead atoms. The molecular formula is C11H8BrClN4O. The molecular weight excluding hydrogens is 320 g/mol. The summed E-state index contributed by atoms with van der Waals surface area (Å²) in [4.78, 5) is 19.8. The quantitative estimate of drug-likeness (QED) is 0.888. The van der Waals surface area contributed by atoms with Crippen molar-refractivity contribution in [3.8, 4) is 0 Å². The SMILES string of the molecule is Nc1cnc(NC(=O)c2ccc(Cl)cn2)c(Br)c1. The number of rotatable bonds is 2. The topological polar surface area (TPSA) is 80.9 Å². The molecule has 0 saturated heterocycles. The van der Waals surface area contributed by atoms with Gasteiger partial charge >= 0.3 is 0 Å². The average molecular weight is 328 g/mol. The van der Waals surface area contributed by atoms with Gasteiger partial charge in [0.05, 0.1) is 21.4 Å². The predicted octanol–water partition coefficient (Wildman–Crippen LogP) is 2.73. The summed E-state index contributed by atoms with van der Waals surface area (Å²) in [6.45, 7) is 0. The normalized spacial score (nSPS) is 10.1. The average Bonchev–Trinajstić information content (AvgIpc) is 2.33. The van der Waals surface area contributed by atoms with Gasteiger partial charge in [0, 0.05) is 6.20 Å². The molecule has 0 aromatic carbocycles. The largest absolute Gasteiger partial charge is 0.397 e. The molecule has 3 N–H and O–H groups in total. The second-order valence-electron chi connectivity index (χ2n) is 3.41. The van der Waals surface area contributed by atoms with Gasteiger partial charge in [0.25, 0.3) is 5.91 Å². The van der Waals surface area contributed by atoms with Gasteiger partial charge in [-0.05, 0) is 34.1 Å². The van der Waals surface area contributed by atoms with Crippen LogP contribution in [0.3, 0.4) is 0 Å². The molecule has 0 fully saturated rings. The lowest BCUT2D eigenvalue weighted by Crippen LogP contribution is -2.14. The highest BCUT2D eigenvalue weighted by atomic mass is 79.9. The maximum Gasteiger partial charge on any atom is 0.275 e. The molecule has 2 aromatic heterocycles.